The van der Waals surface area contributed by atoms with Crippen LogP contribution in [-0.2, 0) is 4.74 Å². The second-order valence-electron chi connectivity index (χ2n) is 6.97. The van der Waals surface area contributed by atoms with Gasteiger partial charge in [-0.25, -0.2) is 0 Å². The Morgan fingerprint density at radius 3 is 2.70 bits per heavy atom. The number of methoxy groups -OCH3 is 1. The molecule has 6 nitrogen and oxygen atoms in total. The molecule has 0 bridgehead atoms. The van der Waals surface area contributed by atoms with Crippen LogP contribution in [0.25, 0.3) is 0 Å². The van der Waals surface area contributed by atoms with Crippen molar-refractivity contribution in [2.45, 2.75) is 26.3 Å². The zero-order valence-corrected chi connectivity index (χ0v) is 19.5. The Hall–Kier alpha value is -1.06. The number of hydrogen-bond donors (Lipinski definition) is 2. The third-order valence-corrected chi connectivity index (χ3v) is 4.70. The summed E-state index contributed by atoms with van der Waals surface area (Å²) >= 11 is 0. The van der Waals surface area contributed by atoms with Crippen molar-refractivity contribution >= 4 is 35.6 Å². The van der Waals surface area contributed by atoms with E-state index < -0.39 is 0 Å². The smallest absolute Gasteiger partial charge is 0.191 e. The first-order chi connectivity index (χ1) is 12.6. The highest BCUT2D eigenvalue weighted by atomic mass is 127. The number of benzene rings is 1. The summed E-state index contributed by atoms with van der Waals surface area (Å²) in [4.78, 5) is 9.41. The lowest BCUT2D eigenvalue weighted by atomic mass is 10.2. The van der Waals surface area contributed by atoms with Gasteiger partial charge in [-0.05, 0) is 39.4 Å². The monoisotopic (exact) mass is 489 g/mol. The van der Waals surface area contributed by atoms with Crippen molar-refractivity contribution in [1.82, 2.24) is 15.5 Å². The van der Waals surface area contributed by atoms with Crippen LogP contribution in [0.2, 0.25) is 0 Å². The van der Waals surface area contributed by atoms with E-state index in [-0.39, 0.29) is 24.0 Å². The number of guanidine groups is 1. The molecular formula is C20H36IN5O. The van der Waals surface area contributed by atoms with Gasteiger partial charge in [0.25, 0.3) is 0 Å². The lowest BCUT2D eigenvalue weighted by Crippen LogP contribution is -2.45. The second-order valence-corrected chi connectivity index (χ2v) is 6.97. The van der Waals surface area contributed by atoms with Gasteiger partial charge in [0.05, 0.1) is 13.2 Å². The first-order valence-corrected chi connectivity index (χ1v) is 9.66. The van der Waals surface area contributed by atoms with Crippen LogP contribution in [0.5, 0.6) is 0 Å². The van der Waals surface area contributed by atoms with E-state index in [2.05, 4.69) is 65.6 Å². The first kappa shape index (κ1) is 24.0. The summed E-state index contributed by atoms with van der Waals surface area (Å²) in [6, 6.07) is 9.23. The Labute approximate surface area is 181 Å². The average Bonchev–Trinajstić information content (AvgIpc) is 3.09. The number of rotatable bonds is 9. The van der Waals surface area contributed by atoms with Gasteiger partial charge in [0.2, 0.25) is 0 Å². The number of nitrogens with zero attached hydrogens (tertiary/aromatic N) is 3. The number of nitrogens with one attached hydrogen (secondary N) is 2. The van der Waals surface area contributed by atoms with Gasteiger partial charge < -0.3 is 25.2 Å². The van der Waals surface area contributed by atoms with Crippen LogP contribution in [0, 0.1) is 6.92 Å². The van der Waals surface area contributed by atoms with E-state index in [9.17, 15) is 0 Å². The van der Waals surface area contributed by atoms with Crippen molar-refractivity contribution in [3.05, 3.63) is 29.8 Å². The van der Waals surface area contributed by atoms with Crippen LogP contribution < -0.4 is 15.5 Å². The fraction of sp³-hybridized carbons (Fsp3) is 0.650. The van der Waals surface area contributed by atoms with Crippen molar-refractivity contribution < 1.29 is 4.74 Å². The molecule has 27 heavy (non-hydrogen) atoms. The average molecular weight is 489 g/mol. The molecule has 1 atom stereocenters. The van der Waals surface area contributed by atoms with Crippen molar-refractivity contribution in [2.24, 2.45) is 4.99 Å². The van der Waals surface area contributed by atoms with E-state index in [0.29, 0.717) is 6.04 Å². The maximum Gasteiger partial charge on any atom is 0.191 e. The van der Waals surface area contributed by atoms with Crippen molar-refractivity contribution in [3.63, 3.8) is 0 Å². The van der Waals surface area contributed by atoms with Crippen LogP contribution in [0.15, 0.2) is 29.3 Å². The van der Waals surface area contributed by atoms with E-state index in [1.165, 1.54) is 11.3 Å². The van der Waals surface area contributed by atoms with Crippen LogP contribution in [-0.4, -0.2) is 76.9 Å². The van der Waals surface area contributed by atoms with E-state index in [1.54, 1.807) is 7.11 Å². The summed E-state index contributed by atoms with van der Waals surface area (Å²) in [5, 5.41) is 6.96. The van der Waals surface area contributed by atoms with Crippen molar-refractivity contribution in [2.75, 3.05) is 64.9 Å². The minimum absolute atomic E-state index is 0. The summed E-state index contributed by atoms with van der Waals surface area (Å²) in [6.07, 6.45) is 1.13. The van der Waals surface area contributed by atoms with E-state index in [1.807, 2.05) is 0 Å². The van der Waals surface area contributed by atoms with Crippen molar-refractivity contribution in [3.8, 4) is 0 Å². The van der Waals surface area contributed by atoms with Gasteiger partial charge >= 0.3 is 0 Å². The number of hydrogen-bond acceptors (Lipinski definition) is 4. The van der Waals surface area contributed by atoms with E-state index >= 15 is 0 Å². The maximum atomic E-state index is 5.11. The third-order valence-electron chi connectivity index (χ3n) is 4.70. The predicted molar refractivity (Wildman–Crippen MR) is 126 cm³/mol. The topological polar surface area (TPSA) is 52.1 Å². The molecule has 1 saturated heterocycles. The molecule has 1 heterocycles. The molecule has 1 aliphatic heterocycles. The Morgan fingerprint density at radius 1 is 1.30 bits per heavy atom. The summed E-state index contributed by atoms with van der Waals surface area (Å²) in [5.41, 5.74) is 2.61. The first-order valence-electron chi connectivity index (χ1n) is 9.66. The Bertz CT molecular complexity index is 552. The molecule has 0 radical (unpaired) electrons. The van der Waals surface area contributed by atoms with Gasteiger partial charge in [-0.1, -0.05) is 17.7 Å². The number of aryl methyl sites for hydroxylation is 1. The largest absolute Gasteiger partial charge is 0.383 e. The highest BCUT2D eigenvalue weighted by Crippen LogP contribution is 2.20. The molecule has 0 aromatic heterocycles. The molecule has 1 fully saturated rings. The minimum atomic E-state index is 0. The SMILES string of the molecule is CCNC(=NCCN(C)CCOC)NC1CCN(c2ccc(C)cc2)C1.I. The summed E-state index contributed by atoms with van der Waals surface area (Å²) in [5.74, 6) is 0.920. The zero-order valence-electron chi connectivity index (χ0n) is 17.2. The molecule has 2 rings (SSSR count). The van der Waals surface area contributed by atoms with Gasteiger partial charge in [-0.3, -0.25) is 4.99 Å². The molecule has 0 amide bonds. The summed E-state index contributed by atoms with van der Waals surface area (Å²) < 4.78 is 5.11. The molecule has 0 aliphatic carbocycles. The van der Waals surface area contributed by atoms with Gasteiger partial charge in [0.1, 0.15) is 0 Å². The molecule has 0 saturated carbocycles. The molecule has 154 valence electrons. The minimum Gasteiger partial charge on any atom is -0.383 e. The van der Waals surface area contributed by atoms with Crippen LogP contribution in [0.4, 0.5) is 5.69 Å². The van der Waals surface area contributed by atoms with Gasteiger partial charge in [-0.15, -0.1) is 24.0 Å². The third kappa shape index (κ3) is 8.66. The van der Waals surface area contributed by atoms with Gasteiger partial charge in [-0.2, -0.15) is 0 Å². The zero-order chi connectivity index (χ0) is 18.8. The molecule has 1 aromatic rings. The van der Waals surface area contributed by atoms with Gasteiger partial charge in [0.15, 0.2) is 5.96 Å². The van der Waals surface area contributed by atoms with Crippen LogP contribution in [0.1, 0.15) is 18.9 Å². The van der Waals surface area contributed by atoms with E-state index in [4.69, 9.17) is 9.73 Å². The fourth-order valence-electron chi connectivity index (χ4n) is 3.07. The number of aliphatic imine (C=N–C) groups is 1. The highest BCUT2D eigenvalue weighted by molar-refractivity contribution is 14.0. The molecule has 1 unspecified atom stereocenters. The molecule has 1 aromatic carbocycles. The number of ether oxygens (including phenoxy) is 1. The predicted octanol–water partition coefficient (Wildman–Crippen LogP) is 2.33. The highest BCUT2D eigenvalue weighted by Gasteiger charge is 2.23. The second kappa shape index (κ2) is 13.2. The fourth-order valence-corrected chi connectivity index (χ4v) is 3.07. The molecule has 0 spiro atoms. The normalized spacial score (nSPS) is 17.1. The van der Waals surface area contributed by atoms with Crippen LogP contribution >= 0.6 is 24.0 Å². The lowest BCUT2D eigenvalue weighted by Gasteiger charge is -2.21. The molecule has 1 aliphatic rings. The summed E-state index contributed by atoms with van der Waals surface area (Å²) in [7, 11) is 3.84. The lowest BCUT2D eigenvalue weighted by molar-refractivity contribution is 0.163. The Kier molecular flexibility index (Phi) is 11.7. The maximum absolute atomic E-state index is 5.11. The Morgan fingerprint density at radius 2 is 2.04 bits per heavy atom. The molecule has 7 heteroatoms. The number of halogens is 1. The molecule has 2 N–H and O–H groups in total. The van der Waals surface area contributed by atoms with Gasteiger partial charge in [0, 0.05) is 51.6 Å². The number of likely N-dealkylation sites (N-methyl/N-ethyl adjacent to an activating group) is 1. The quantitative estimate of drug-likeness (QED) is 0.317. The molecular weight excluding hydrogens is 453 g/mol. The van der Waals surface area contributed by atoms with Crippen LogP contribution in [0.3, 0.4) is 0 Å². The standard InChI is InChI=1S/C20H35N5O.HI/c1-5-21-20(22-11-13-24(3)14-15-26-4)23-18-10-12-25(16-18)19-8-6-17(2)7-9-19;/h6-9,18H,5,10-16H2,1-4H3,(H2,21,22,23);1H. The Balaban J connectivity index is 0.00000364. The summed E-state index contributed by atoms with van der Waals surface area (Å²) in [6.45, 7) is 10.6. The van der Waals surface area contributed by atoms with E-state index in [0.717, 1.165) is 58.3 Å². The van der Waals surface area contributed by atoms with Crippen molar-refractivity contribution in [1.29, 1.82) is 0 Å². The number of anilines is 1.